The summed E-state index contributed by atoms with van der Waals surface area (Å²) in [5.74, 6) is 1.48. The minimum atomic E-state index is -0.171. The number of aryl methyl sites for hydroxylation is 2. The van der Waals surface area contributed by atoms with Crippen molar-refractivity contribution in [2.24, 2.45) is 0 Å². The van der Waals surface area contributed by atoms with E-state index in [-0.39, 0.29) is 11.8 Å². The summed E-state index contributed by atoms with van der Waals surface area (Å²) < 4.78 is 2.07. The van der Waals surface area contributed by atoms with E-state index in [1.165, 1.54) is 6.92 Å². The molecule has 1 aliphatic heterocycles. The zero-order chi connectivity index (χ0) is 16.4. The normalized spacial score (nSPS) is 13.3. The van der Waals surface area contributed by atoms with Crippen molar-refractivity contribution in [1.29, 1.82) is 0 Å². The number of nitrogens with zero attached hydrogens (tertiary/aromatic N) is 2. The lowest BCUT2D eigenvalue weighted by Crippen LogP contribution is -2.18. The Balaban J connectivity index is 1.77. The first-order valence-corrected chi connectivity index (χ1v) is 7.78. The van der Waals surface area contributed by atoms with E-state index < -0.39 is 0 Å². The van der Waals surface area contributed by atoms with Gasteiger partial charge in [0.2, 0.25) is 5.91 Å². The Morgan fingerprint density at radius 2 is 2.04 bits per heavy atom. The van der Waals surface area contributed by atoms with E-state index in [0.717, 1.165) is 48.7 Å². The first kappa shape index (κ1) is 15.3. The highest BCUT2D eigenvalue weighted by Gasteiger charge is 2.16. The van der Waals surface area contributed by atoms with Gasteiger partial charge in [0, 0.05) is 31.1 Å². The van der Waals surface area contributed by atoms with Crippen LogP contribution < -0.4 is 10.6 Å². The number of fused-ring (bicyclic) bond motifs is 1. The molecule has 1 aromatic heterocycles. The summed E-state index contributed by atoms with van der Waals surface area (Å²) in [7, 11) is 0. The second kappa shape index (κ2) is 6.24. The van der Waals surface area contributed by atoms with E-state index in [9.17, 15) is 9.59 Å². The maximum absolute atomic E-state index is 12.4. The highest BCUT2D eigenvalue weighted by Crippen LogP contribution is 2.21. The van der Waals surface area contributed by atoms with Crippen LogP contribution in [0.25, 0.3) is 0 Å². The Morgan fingerprint density at radius 3 is 2.78 bits per heavy atom. The molecule has 0 atom stereocenters. The molecule has 1 aromatic carbocycles. The van der Waals surface area contributed by atoms with Gasteiger partial charge in [0.1, 0.15) is 11.6 Å². The molecule has 0 fully saturated rings. The number of rotatable bonds is 3. The number of nitrogens with one attached hydrogen (secondary N) is 2. The van der Waals surface area contributed by atoms with Gasteiger partial charge in [-0.1, -0.05) is 0 Å². The Bertz CT molecular complexity index is 764. The molecule has 0 saturated heterocycles. The van der Waals surface area contributed by atoms with Gasteiger partial charge in [0.05, 0.1) is 6.20 Å². The molecule has 120 valence electrons. The summed E-state index contributed by atoms with van der Waals surface area (Å²) in [4.78, 5) is 27.9. The summed E-state index contributed by atoms with van der Waals surface area (Å²) in [5.41, 5.74) is 2.13. The van der Waals surface area contributed by atoms with Crippen molar-refractivity contribution in [3.63, 3.8) is 0 Å². The third-order valence-electron chi connectivity index (χ3n) is 4.01. The summed E-state index contributed by atoms with van der Waals surface area (Å²) in [6, 6.07) is 5.23. The number of amides is 2. The summed E-state index contributed by atoms with van der Waals surface area (Å²) >= 11 is 0. The Morgan fingerprint density at radius 1 is 1.22 bits per heavy atom. The average molecular weight is 312 g/mol. The van der Waals surface area contributed by atoms with E-state index >= 15 is 0 Å². The lowest BCUT2D eigenvalue weighted by Gasteiger charge is -2.16. The molecule has 2 N–H and O–H groups in total. The van der Waals surface area contributed by atoms with Crippen LogP contribution in [0.5, 0.6) is 0 Å². The van der Waals surface area contributed by atoms with Crippen LogP contribution in [0.1, 0.15) is 41.5 Å². The molecule has 0 spiro atoms. The van der Waals surface area contributed by atoms with E-state index in [2.05, 4.69) is 20.2 Å². The van der Waals surface area contributed by atoms with Crippen LogP contribution in [0.15, 0.2) is 24.4 Å². The maximum Gasteiger partial charge on any atom is 0.256 e. The van der Waals surface area contributed by atoms with Crippen molar-refractivity contribution in [1.82, 2.24) is 9.55 Å². The molecule has 23 heavy (non-hydrogen) atoms. The number of imidazole rings is 1. The molecule has 1 aliphatic rings. The molecule has 6 nitrogen and oxygen atoms in total. The van der Waals surface area contributed by atoms with E-state index in [0.29, 0.717) is 5.56 Å². The van der Waals surface area contributed by atoms with Gasteiger partial charge >= 0.3 is 0 Å². The van der Waals surface area contributed by atoms with E-state index in [1.807, 2.05) is 6.92 Å². The lowest BCUT2D eigenvalue weighted by atomic mass is 10.1. The minimum absolute atomic E-state index is 0.129. The van der Waals surface area contributed by atoms with Crippen LogP contribution in [-0.4, -0.2) is 21.4 Å². The van der Waals surface area contributed by atoms with Crippen LogP contribution in [0.3, 0.4) is 0 Å². The van der Waals surface area contributed by atoms with E-state index in [1.54, 1.807) is 24.4 Å². The van der Waals surface area contributed by atoms with Gasteiger partial charge in [-0.2, -0.15) is 0 Å². The molecule has 2 aromatic rings. The second-order valence-electron chi connectivity index (χ2n) is 5.83. The molecule has 2 heterocycles. The van der Waals surface area contributed by atoms with Gasteiger partial charge in [-0.05, 0) is 43.5 Å². The van der Waals surface area contributed by atoms with E-state index in [4.69, 9.17) is 0 Å². The maximum atomic E-state index is 12.4. The SMILES string of the molecule is CC(=O)Nc1ccc(C(=O)Nc2cnc3n2CCCC3)cc1C. The highest BCUT2D eigenvalue weighted by molar-refractivity contribution is 6.04. The number of hydrogen-bond acceptors (Lipinski definition) is 3. The topological polar surface area (TPSA) is 76.0 Å². The summed E-state index contributed by atoms with van der Waals surface area (Å²) in [6.45, 7) is 4.22. The lowest BCUT2D eigenvalue weighted by molar-refractivity contribution is -0.114. The third kappa shape index (κ3) is 3.26. The summed E-state index contributed by atoms with van der Waals surface area (Å²) in [5, 5.41) is 5.67. The van der Waals surface area contributed by atoms with Gasteiger partial charge < -0.3 is 15.2 Å². The van der Waals surface area contributed by atoms with Gasteiger partial charge in [-0.15, -0.1) is 0 Å². The quantitative estimate of drug-likeness (QED) is 0.915. The van der Waals surface area contributed by atoms with Gasteiger partial charge in [0.15, 0.2) is 0 Å². The second-order valence-corrected chi connectivity index (χ2v) is 5.83. The molecule has 0 bridgehead atoms. The fraction of sp³-hybridized carbons (Fsp3) is 0.353. The van der Waals surface area contributed by atoms with Gasteiger partial charge in [-0.25, -0.2) is 4.98 Å². The summed E-state index contributed by atoms with van der Waals surface area (Å²) in [6.07, 6.45) is 4.93. The smallest absolute Gasteiger partial charge is 0.256 e. The molecular formula is C17H20N4O2. The number of carbonyl (C=O) groups is 2. The third-order valence-corrected chi connectivity index (χ3v) is 4.01. The standard InChI is InChI=1S/C17H20N4O2/c1-11-9-13(6-7-14(11)19-12(2)22)17(23)20-16-10-18-15-5-3-4-8-21(15)16/h6-7,9-10H,3-5,8H2,1-2H3,(H,19,22)(H,20,23). The number of benzene rings is 1. The molecule has 0 radical (unpaired) electrons. The predicted octanol–water partition coefficient (Wildman–Crippen LogP) is 2.74. The molecule has 3 rings (SSSR count). The Hall–Kier alpha value is -2.63. The Kier molecular flexibility index (Phi) is 4.14. The van der Waals surface area contributed by atoms with Gasteiger partial charge in [0.25, 0.3) is 5.91 Å². The predicted molar refractivity (Wildman–Crippen MR) is 88.6 cm³/mol. The van der Waals surface area contributed by atoms with Crippen molar-refractivity contribution < 1.29 is 9.59 Å². The van der Waals surface area contributed by atoms with Crippen LogP contribution in [-0.2, 0) is 17.8 Å². The zero-order valence-electron chi connectivity index (χ0n) is 13.3. The van der Waals surface area contributed by atoms with Crippen molar-refractivity contribution in [2.45, 2.75) is 39.7 Å². The van der Waals surface area contributed by atoms with Crippen molar-refractivity contribution in [2.75, 3.05) is 10.6 Å². The fourth-order valence-electron chi connectivity index (χ4n) is 2.84. The largest absolute Gasteiger partial charge is 0.326 e. The molecule has 0 aliphatic carbocycles. The molecule has 0 unspecified atom stereocenters. The van der Waals surface area contributed by atoms with Gasteiger partial charge in [-0.3, -0.25) is 9.59 Å². The first-order chi connectivity index (χ1) is 11.0. The molecule has 6 heteroatoms. The first-order valence-electron chi connectivity index (χ1n) is 7.78. The van der Waals surface area contributed by atoms with Crippen LogP contribution >= 0.6 is 0 Å². The van der Waals surface area contributed by atoms with Crippen molar-refractivity contribution >= 4 is 23.3 Å². The molecule has 0 saturated carbocycles. The van der Waals surface area contributed by atoms with Crippen molar-refractivity contribution in [3.8, 4) is 0 Å². The number of hydrogen-bond donors (Lipinski definition) is 2. The highest BCUT2D eigenvalue weighted by atomic mass is 16.2. The fourth-order valence-corrected chi connectivity index (χ4v) is 2.84. The minimum Gasteiger partial charge on any atom is -0.326 e. The molecular weight excluding hydrogens is 292 g/mol. The number of aromatic nitrogens is 2. The van der Waals surface area contributed by atoms with Crippen LogP contribution in [0.4, 0.5) is 11.5 Å². The van der Waals surface area contributed by atoms with Crippen LogP contribution in [0, 0.1) is 6.92 Å². The number of anilines is 2. The van der Waals surface area contributed by atoms with Crippen molar-refractivity contribution in [3.05, 3.63) is 41.3 Å². The monoisotopic (exact) mass is 312 g/mol. The zero-order valence-corrected chi connectivity index (χ0v) is 13.3. The Labute approximate surface area is 134 Å². The average Bonchev–Trinajstić information content (AvgIpc) is 2.92. The molecule has 2 amide bonds. The number of carbonyl (C=O) groups excluding carboxylic acids is 2. The van der Waals surface area contributed by atoms with Crippen LogP contribution in [0.2, 0.25) is 0 Å².